The number of nitrogens with zero attached hydrogens (tertiary/aromatic N) is 2. The summed E-state index contributed by atoms with van der Waals surface area (Å²) in [7, 11) is 0. The number of amides is 1. The van der Waals surface area contributed by atoms with Crippen molar-refractivity contribution in [3.8, 4) is 0 Å². The second-order valence-electron chi connectivity index (χ2n) is 5.91. The first kappa shape index (κ1) is 21.5. The highest BCUT2D eigenvalue weighted by atomic mass is 35.5. The molecule has 0 spiro atoms. The van der Waals surface area contributed by atoms with Crippen LogP contribution in [0, 0.1) is 0 Å². The Kier molecular flexibility index (Phi) is 7.52. The zero-order valence-electron chi connectivity index (χ0n) is 14.3. The van der Waals surface area contributed by atoms with Crippen LogP contribution >= 0.6 is 24.2 Å². The molecule has 0 bridgehead atoms. The topological polar surface area (TPSA) is 45.2 Å². The fourth-order valence-corrected chi connectivity index (χ4v) is 3.70. The summed E-state index contributed by atoms with van der Waals surface area (Å²) in [6.07, 6.45) is -0.974. The van der Waals surface area contributed by atoms with E-state index in [0.29, 0.717) is 24.5 Å². The quantitative estimate of drug-likeness (QED) is 0.769. The fraction of sp³-hybridized carbons (Fsp3) is 0.333. The van der Waals surface area contributed by atoms with E-state index in [-0.39, 0.29) is 30.1 Å². The number of halogens is 4. The fourth-order valence-electron chi connectivity index (χ4n) is 2.86. The SMILES string of the molecule is Cl.O=C(CSc1cccc(C(F)(F)F)c1)N1CCNCC1c1cccnc1. The summed E-state index contributed by atoms with van der Waals surface area (Å²) in [5, 5.41) is 3.26. The van der Waals surface area contributed by atoms with Crippen LogP contribution in [-0.2, 0) is 11.0 Å². The lowest BCUT2D eigenvalue weighted by atomic mass is 10.1. The number of alkyl halides is 3. The highest BCUT2D eigenvalue weighted by Gasteiger charge is 2.31. The van der Waals surface area contributed by atoms with Crippen molar-refractivity contribution in [1.82, 2.24) is 15.2 Å². The van der Waals surface area contributed by atoms with Gasteiger partial charge in [-0.05, 0) is 29.8 Å². The summed E-state index contributed by atoms with van der Waals surface area (Å²) < 4.78 is 38.4. The Bertz CT molecular complexity index is 761. The minimum atomic E-state index is -4.38. The van der Waals surface area contributed by atoms with E-state index in [0.717, 1.165) is 29.5 Å². The number of thioether (sulfide) groups is 1. The highest BCUT2D eigenvalue weighted by Crippen LogP contribution is 2.32. The van der Waals surface area contributed by atoms with Crippen LogP contribution < -0.4 is 5.32 Å². The van der Waals surface area contributed by atoms with E-state index in [2.05, 4.69) is 10.3 Å². The molecule has 1 N–H and O–H groups in total. The van der Waals surface area contributed by atoms with Gasteiger partial charge in [-0.2, -0.15) is 13.2 Å². The number of rotatable bonds is 4. The van der Waals surface area contributed by atoms with Gasteiger partial charge in [0.15, 0.2) is 0 Å². The third-order valence-corrected chi connectivity index (χ3v) is 5.14. The number of aromatic nitrogens is 1. The molecule has 0 radical (unpaired) electrons. The van der Waals surface area contributed by atoms with Crippen LogP contribution in [0.1, 0.15) is 17.2 Å². The number of nitrogens with one attached hydrogen (secondary N) is 1. The van der Waals surface area contributed by atoms with Gasteiger partial charge in [-0.3, -0.25) is 9.78 Å². The molecule has 146 valence electrons. The Morgan fingerprint density at radius 3 is 2.81 bits per heavy atom. The molecule has 1 aromatic heterocycles. The van der Waals surface area contributed by atoms with Crippen molar-refractivity contribution in [2.24, 2.45) is 0 Å². The molecule has 0 saturated carbocycles. The van der Waals surface area contributed by atoms with Crippen LogP contribution in [0.25, 0.3) is 0 Å². The van der Waals surface area contributed by atoms with Gasteiger partial charge in [0.2, 0.25) is 5.91 Å². The number of carbonyl (C=O) groups is 1. The average Bonchev–Trinajstić information content (AvgIpc) is 2.66. The van der Waals surface area contributed by atoms with Gasteiger partial charge in [-0.25, -0.2) is 0 Å². The van der Waals surface area contributed by atoms with Gasteiger partial charge in [-0.15, -0.1) is 24.2 Å². The number of piperazine rings is 1. The third kappa shape index (κ3) is 5.60. The molecule has 0 aliphatic carbocycles. The molecule has 1 aromatic carbocycles. The van der Waals surface area contributed by atoms with E-state index in [1.807, 2.05) is 12.1 Å². The maximum Gasteiger partial charge on any atom is 0.416 e. The number of pyridine rings is 1. The van der Waals surface area contributed by atoms with E-state index in [1.165, 1.54) is 6.07 Å². The highest BCUT2D eigenvalue weighted by molar-refractivity contribution is 8.00. The summed E-state index contributed by atoms with van der Waals surface area (Å²) in [6, 6.07) is 8.68. The van der Waals surface area contributed by atoms with E-state index < -0.39 is 11.7 Å². The second-order valence-corrected chi connectivity index (χ2v) is 6.96. The molecular formula is C18H19ClF3N3OS. The van der Waals surface area contributed by atoms with Crippen LogP contribution in [0.3, 0.4) is 0 Å². The zero-order chi connectivity index (χ0) is 18.6. The van der Waals surface area contributed by atoms with Crippen molar-refractivity contribution in [1.29, 1.82) is 0 Å². The Labute approximate surface area is 166 Å². The van der Waals surface area contributed by atoms with Crippen LogP contribution in [0.5, 0.6) is 0 Å². The first-order valence-corrected chi connectivity index (χ1v) is 9.14. The van der Waals surface area contributed by atoms with Gasteiger partial charge in [0.25, 0.3) is 0 Å². The average molecular weight is 418 g/mol. The largest absolute Gasteiger partial charge is 0.416 e. The Balaban J connectivity index is 0.00000261. The molecule has 2 heterocycles. The first-order valence-electron chi connectivity index (χ1n) is 8.15. The predicted octanol–water partition coefficient (Wildman–Crippen LogP) is 3.79. The molecule has 1 atom stereocenters. The molecular weight excluding hydrogens is 399 g/mol. The predicted molar refractivity (Wildman–Crippen MR) is 101 cm³/mol. The van der Waals surface area contributed by atoms with Crippen molar-refractivity contribution in [3.63, 3.8) is 0 Å². The molecule has 27 heavy (non-hydrogen) atoms. The summed E-state index contributed by atoms with van der Waals surface area (Å²) >= 11 is 1.12. The Hall–Kier alpha value is -1.77. The molecule has 1 aliphatic heterocycles. The van der Waals surface area contributed by atoms with E-state index in [4.69, 9.17) is 0 Å². The molecule has 9 heteroatoms. The van der Waals surface area contributed by atoms with Gasteiger partial charge in [0.1, 0.15) is 0 Å². The summed E-state index contributed by atoms with van der Waals surface area (Å²) in [6.45, 7) is 1.88. The lowest BCUT2D eigenvalue weighted by molar-refractivity contribution is -0.137. The number of hydrogen-bond donors (Lipinski definition) is 1. The molecule has 1 fully saturated rings. The van der Waals surface area contributed by atoms with Crippen LogP contribution in [-0.4, -0.2) is 41.2 Å². The molecule has 4 nitrogen and oxygen atoms in total. The van der Waals surface area contributed by atoms with E-state index >= 15 is 0 Å². The minimum absolute atomic E-state index is 0. The summed E-state index contributed by atoms with van der Waals surface area (Å²) in [4.78, 5) is 19.0. The Morgan fingerprint density at radius 1 is 1.30 bits per heavy atom. The van der Waals surface area contributed by atoms with Crippen molar-refractivity contribution in [2.45, 2.75) is 17.1 Å². The standard InChI is InChI=1S/C18H18F3N3OS.ClH/c19-18(20,21)14-4-1-5-15(9-14)26-12-17(25)24-8-7-23-11-16(24)13-3-2-6-22-10-13;/h1-6,9-10,16,23H,7-8,11-12H2;1H. The first-order chi connectivity index (χ1) is 12.4. The van der Waals surface area contributed by atoms with Crippen molar-refractivity contribution >= 4 is 30.1 Å². The van der Waals surface area contributed by atoms with Gasteiger partial charge in [0, 0.05) is 36.9 Å². The van der Waals surface area contributed by atoms with Gasteiger partial charge in [0.05, 0.1) is 17.4 Å². The van der Waals surface area contributed by atoms with Crippen LogP contribution in [0.15, 0.2) is 53.7 Å². The summed E-state index contributed by atoms with van der Waals surface area (Å²) in [5.74, 6) is 0.000648. The lowest BCUT2D eigenvalue weighted by Gasteiger charge is -2.36. The molecule has 1 amide bonds. The zero-order valence-corrected chi connectivity index (χ0v) is 15.9. The second kappa shape index (κ2) is 9.43. The third-order valence-electron chi connectivity index (χ3n) is 4.16. The number of benzene rings is 1. The maximum atomic E-state index is 12.8. The monoisotopic (exact) mass is 417 g/mol. The van der Waals surface area contributed by atoms with Gasteiger partial charge in [-0.1, -0.05) is 12.1 Å². The molecule has 2 aromatic rings. The van der Waals surface area contributed by atoms with Crippen LogP contribution in [0.2, 0.25) is 0 Å². The number of hydrogen-bond acceptors (Lipinski definition) is 4. The number of carbonyl (C=O) groups excluding carboxylic acids is 1. The van der Waals surface area contributed by atoms with Crippen molar-refractivity contribution < 1.29 is 18.0 Å². The lowest BCUT2D eigenvalue weighted by Crippen LogP contribution is -2.49. The van der Waals surface area contributed by atoms with Crippen LogP contribution in [0.4, 0.5) is 13.2 Å². The van der Waals surface area contributed by atoms with Gasteiger partial charge >= 0.3 is 6.18 Å². The summed E-state index contributed by atoms with van der Waals surface area (Å²) in [5.41, 5.74) is 0.238. The minimum Gasteiger partial charge on any atom is -0.332 e. The van der Waals surface area contributed by atoms with Crippen molar-refractivity contribution in [3.05, 3.63) is 59.9 Å². The smallest absolute Gasteiger partial charge is 0.332 e. The molecule has 3 rings (SSSR count). The Morgan fingerprint density at radius 2 is 2.11 bits per heavy atom. The van der Waals surface area contributed by atoms with Gasteiger partial charge < -0.3 is 10.2 Å². The van der Waals surface area contributed by atoms with E-state index in [1.54, 1.807) is 23.4 Å². The molecule has 1 saturated heterocycles. The molecule has 1 aliphatic rings. The molecule has 1 unspecified atom stereocenters. The van der Waals surface area contributed by atoms with Crippen molar-refractivity contribution in [2.75, 3.05) is 25.4 Å². The van der Waals surface area contributed by atoms with E-state index in [9.17, 15) is 18.0 Å². The maximum absolute atomic E-state index is 12.8. The normalized spacial score (nSPS) is 17.3.